The molecule has 21 heavy (non-hydrogen) atoms. The topological polar surface area (TPSA) is 59.0 Å². The average Bonchev–Trinajstić information content (AvgIpc) is 2.33. The normalized spacial score (nSPS) is 13.7. The van der Waals surface area contributed by atoms with Crippen LogP contribution in [0.4, 0.5) is 4.79 Å². The van der Waals surface area contributed by atoms with Crippen molar-refractivity contribution in [3.8, 4) is 0 Å². The second-order valence-electron chi connectivity index (χ2n) is 6.64. The van der Waals surface area contributed by atoms with Crippen molar-refractivity contribution >= 4 is 6.09 Å². The van der Waals surface area contributed by atoms with E-state index in [-0.39, 0.29) is 0 Å². The first kappa shape index (κ1) is 19.9. The van der Waals surface area contributed by atoms with Crippen LogP contribution < -0.4 is 0 Å². The molecule has 0 aliphatic carbocycles. The molecule has 124 valence electrons. The van der Waals surface area contributed by atoms with E-state index in [0.717, 1.165) is 6.42 Å². The molecule has 5 nitrogen and oxygen atoms in total. The summed E-state index contributed by atoms with van der Waals surface area (Å²) < 4.78 is 11.0. The summed E-state index contributed by atoms with van der Waals surface area (Å²) in [4.78, 5) is 13.4. The number of hydrogen-bond acceptors (Lipinski definition) is 4. The molecule has 0 aromatic heterocycles. The molecule has 0 heterocycles. The van der Waals surface area contributed by atoms with Gasteiger partial charge in [0.05, 0.1) is 12.7 Å². The molecule has 0 spiro atoms. The van der Waals surface area contributed by atoms with E-state index < -0.39 is 23.5 Å². The lowest BCUT2D eigenvalue weighted by Crippen LogP contribution is -2.49. The van der Waals surface area contributed by atoms with Crippen molar-refractivity contribution in [3.05, 3.63) is 12.7 Å². The molecule has 0 aliphatic rings. The third-order valence-corrected chi connectivity index (χ3v) is 3.09. The molecule has 1 atom stereocenters. The number of amides is 1. The van der Waals surface area contributed by atoms with Crippen LogP contribution in [0, 0.1) is 0 Å². The standard InChI is InChI=1S/C16H31NO4/c1-8-9-10-13(18)11-12-20-16(5,6)17(7)14(19)21-15(2,3)4/h8,13,18H,1,9-12H2,2-7H3. The van der Waals surface area contributed by atoms with Crippen molar-refractivity contribution in [3.63, 3.8) is 0 Å². The molecule has 0 saturated carbocycles. The van der Waals surface area contributed by atoms with Crippen molar-refractivity contribution < 1.29 is 19.4 Å². The van der Waals surface area contributed by atoms with E-state index in [1.54, 1.807) is 27.0 Å². The van der Waals surface area contributed by atoms with Gasteiger partial charge in [-0.2, -0.15) is 0 Å². The number of carbonyl (C=O) groups is 1. The summed E-state index contributed by atoms with van der Waals surface area (Å²) in [6.45, 7) is 13.1. The monoisotopic (exact) mass is 301 g/mol. The van der Waals surface area contributed by atoms with Gasteiger partial charge in [-0.15, -0.1) is 6.58 Å². The number of nitrogens with zero attached hydrogens (tertiary/aromatic N) is 1. The third kappa shape index (κ3) is 8.73. The number of allylic oxidation sites excluding steroid dienone is 1. The molecule has 0 fully saturated rings. The molecule has 1 unspecified atom stereocenters. The number of hydrogen-bond donors (Lipinski definition) is 1. The largest absolute Gasteiger partial charge is 0.444 e. The summed E-state index contributed by atoms with van der Waals surface area (Å²) in [5.74, 6) is 0. The molecular weight excluding hydrogens is 270 g/mol. The molecule has 5 heteroatoms. The first-order chi connectivity index (χ1) is 9.49. The first-order valence-electron chi connectivity index (χ1n) is 7.39. The smallest absolute Gasteiger partial charge is 0.412 e. The highest BCUT2D eigenvalue weighted by atomic mass is 16.6. The van der Waals surface area contributed by atoms with Crippen molar-refractivity contribution in [2.75, 3.05) is 13.7 Å². The van der Waals surface area contributed by atoms with Crippen LogP contribution in [0.15, 0.2) is 12.7 Å². The van der Waals surface area contributed by atoms with Gasteiger partial charge in [-0.25, -0.2) is 4.79 Å². The first-order valence-corrected chi connectivity index (χ1v) is 7.39. The maximum absolute atomic E-state index is 12.0. The second-order valence-corrected chi connectivity index (χ2v) is 6.64. The van der Waals surface area contributed by atoms with Crippen LogP contribution in [0.25, 0.3) is 0 Å². The lowest BCUT2D eigenvalue weighted by Gasteiger charge is -2.36. The fraction of sp³-hybridized carbons (Fsp3) is 0.812. The van der Waals surface area contributed by atoms with E-state index in [1.807, 2.05) is 20.8 Å². The van der Waals surface area contributed by atoms with Crippen LogP contribution in [0.5, 0.6) is 0 Å². The van der Waals surface area contributed by atoms with Crippen molar-refractivity contribution in [2.24, 2.45) is 0 Å². The number of aliphatic hydroxyl groups is 1. The van der Waals surface area contributed by atoms with Gasteiger partial charge in [0.15, 0.2) is 0 Å². The zero-order chi connectivity index (χ0) is 16.7. The molecule has 1 amide bonds. The lowest BCUT2D eigenvalue weighted by molar-refractivity contribution is -0.122. The van der Waals surface area contributed by atoms with Gasteiger partial charge in [0.25, 0.3) is 0 Å². The number of rotatable bonds is 8. The van der Waals surface area contributed by atoms with Crippen molar-refractivity contribution in [1.82, 2.24) is 4.90 Å². The van der Waals surface area contributed by atoms with Crippen LogP contribution in [0.1, 0.15) is 53.9 Å². The van der Waals surface area contributed by atoms with E-state index in [1.165, 1.54) is 4.90 Å². The molecule has 0 radical (unpaired) electrons. The van der Waals surface area contributed by atoms with Crippen molar-refractivity contribution in [1.29, 1.82) is 0 Å². The van der Waals surface area contributed by atoms with Gasteiger partial charge in [0, 0.05) is 7.05 Å². The minimum Gasteiger partial charge on any atom is -0.444 e. The van der Waals surface area contributed by atoms with Crippen LogP contribution in [-0.4, -0.2) is 47.2 Å². The number of ether oxygens (including phenoxy) is 2. The average molecular weight is 301 g/mol. The summed E-state index contributed by atoms with van der Waals surface area (Å²) >= 11 is 0. The molecule has 0 aliphatic heterocycles. The summed E-state index contributed by atoms with van der Waals surface area (Å²) in [7, 11) is 1.64. The lowest BCUT2D eigenvalue weighted by atomic mass is 10.1. The third-order valence-electron chi connectivity index (χ3n) is 3.09. The Morgan fingerprint density at radius 1 is 1.29 bits per heavy atom. The molecule has 0 rings (SSSR count). The van der Waals surface area contributed by atoms with Crippen LogP contribution in [0.3, 0.4) is 0 Å². The van der Waals surface area contributed by atoms with E-state index in [4.69, 9.17) is 9.47 Å². The zero-order valence-corrected chi connectivity index (χ0v) is 14.3. The van der Waals surface area contributed by atoms with Crippen LogP contribution >= 0.6 is 0 Å². The van der Waals surface area contributed by atoms with E-state index in [9.17, 15) is 9.90 Å². The van der Waals surface area contributed by atoms with E-state index >= 15 is 0 Å². The fourth-order valence-electron chi connectivity index (χ4n) is 1.55. The summed E-state index contributed by atoms with van der Waals surface area (Å²) in [6, 6.07) is 0. The highest BCUT2D eigenvalue weighted by molar-refractivity contribution is 5.68. The van der Waals surface area contributed by atoms with Gasteiger partial charge < -0.3 is 14.6 Å². The Morgan fingerprint density at radius 2 is 1.86 bits per heavy atom. The highest BCUT2D eigenvalue weighted by Gasteiger charge is 2.31. The Morgan fingerprint density at radius 3 is 2.33 bits per heavy atom. The van der Waals surface area contributed by atoms with Gasteiger partial charge in [0.2, 0.25) is 0 Å². The molecule has 0 saturated heterocycles. The van der Waals surface area contributed by atoms with E-state index in [0.29, 0.717) is 19.4 Å². The predicted molar refractivity (Wildman–Crippen MR) is 84.1 cm³/mol. The molecule has 0 bridgehead atoms. The maximum atomic E-state index is 12.0. The molecule has 0 aromatic carbocycles. The minimum absolute atomic E-state index is 0.373. The zero-order valence-electron chi connectivity index (χ0n) is 14.3. The SMILES string of the molecule is C=CCCC(O)CCOC(C)(C)N(C)C(=O)OC(C)(C)C. The molecule has 1 N–H and O–H groups in total. The van der Waals surface area contributed by atoms with Gasteiger partial charge in [-0.3, -0.25) is 4.90 Å². The van der Waals surface area contributed by atoms with Crippen LogP contribution in [0.2, 0.25) is 0 Å². The Labute approximate surface area is 128 Å². The van der Waals surface area contributed by atoms with Crippen LogP contribution in [-0.2, 0) is 9.47 Å². The Balaban J connectivity index is 4.28. The second kappa shape index (κ2) is 8.39. The highest BCUT2D eigenvalue weighted by Crippen LogP contribution is 2.19. The fourth-order valence-corrected chi connectivity index (χ4v) is 1.55. The van der Waals surface area contributed by atoms with Crippen molar-refractivity contribution in [2.45, 2.75) is 71.3 Å². The summed E-state index contributed by atoms with van der Waals surface area (Å²) in [5, 5.41) is 9.74. The Kier molecular flexibility index (Phi) is 7.96. The van der Waals surface area contributed by atoms with Gasteiger partial charge in [-0.05, 0) is 53.9 Å². The summed E-state index contributed by atoms with van der Waals surface area (Å²) in [5.41, 5.74) is -1.33. The number of carbonyl (C=O) groups excluding carboxylic acids is 1. The van der Waals surface area contributed by atoms with Gasteiger partial charge >= 0.3 is 6.09 Å². The Bertz CT molecular complexity index is 334. The van der Waals surface area contributed by atoms with Gasteiger partial charge in [-0.1, -0.05) is 6.08 Å². The maximum Gasteiger partial charge on any atom is 0.412 e. The quantitative estimate of drug-likeness (QED) is 0.552. The van der Waals surface area contributed by atoms with E-state index in [2.05, 4.69) is 6.58 Å². The molecule has 0 aromatic rings. The Hall–Kier alpha value is -1.07. The number of aliphatic hydroxyl groups excluding tert-OH is 1. The minimum atomic E-state index is -0.791. The summed E-state index contributed by atoms with van der Waals surface area (Å²) in [6.07, 6.45) is 2.92. The predicted octanol–water partition coefficient (Wildman–Crippen LogP) is 3.32. The molecular formula is C16H31NO4. The van der Waals surface area contributed by atoms with Gasteiger partial charge in [0.1, 0.15) is 11.3 Å².